The summed E-state index contributed by atoms with van der Waals surface area (Å²) >= 11 is 0. The molecule has 1 aromatic carbocycles. The van der Waals surface area contributed by atoms with E-state index in [9.17, 15) is 31.5 Å². The van der Waals surface area contributed by atoms with Crippen LogP contribution in [-0.2, 0) is 14.3 Å². The number of carbonyl (C=O) groups is 3. The van der Waals surface area contributed by atoms with Crippen LogP contribution in [-0.4, -0.2) is 29.4 Å². The van der Waals surface area contributed by atoms with Gasteiger partial charge in [0.1, 0.15) is 6.42 Å². The molecule has 0 unspecified atom stereocenters. The zero-order valence-electron chi connectivity index (χ0n) is 11.9. The van der Waals surface area contributed by atoms with Crippen molar-refractivity contribution in [2.45, 2.75) is 20.3 Å². The number of esters is 1. The molecule has 0 heterocycles. The first kappa shape index (κ1) is 20.5. The van der Waals surface area contributed by atoms with Crippen LogP contribution in [0.3, 0.4) is 0 Å². The van der Waals surface area contributed by atoms with Crippen LogP contribution in [0.4, 0.5) is 22.0 Å². The summed E-state index contributed by atoms with van der Waals surface area (Å²) in [5.41, 5.74) is -1.65. The Morgan fingerprint density at radius 3 is 1.61 bits per heavy atom. The van der Waals surface area contributed by atoms with E-state index >= 15 is 0 Å². The van der Waals surface area contributed by atoms with Gasteiger partial charge in [0.25, 0.3) is 5.97 Å². The van der Waals surface area contributed by atoms with Crippen LogP contribution in [0.2, 0.25) is 0 Å². The van der Waals surface area contributed by atoms with E-state index in [1.165, 1.54) is 6.92 Å². The van der Waals surface area contributed by atoms with Crippen LogP contribution >= 0.6 is 0 Å². The van der Waals surface area contributed by atoms with Gasteiger partial charge in [-0.25, -0.2) is 22.0 Å². The number of carboxylic acid groups (broad SMARTS) is 1. The number of hydrogen-bond acceptors (Lipinski definition) is 4. The lowest BCUT2D eigenvalue weighted by atomic mass is 10.1. The Morgan fingerprint density at radius 1 is 0.913 bits per heavy atom. The number of Topliss-reactive ketones (excluding diaryl/α,β-unsaturated/α-hetero) is 1. The molecule has 5 nitrogen and oxygen atoms in total. The molecule has 23 heavy (non-hydrogen) atoms. The summed E-state index contributed by atoms with van der Waals surface area (Å²) in [5.74, 6) is -14.9. The molecule has 0 spiro atoms. The lowest BCUT2D eigenvalue weighted by molar-refractivity contribution is -0.142. The second-order valence-electron chi connectivity index (χ2n) is 3.87. The Hall–Kier alpha value is -2.52. The lowest BCUT2D eigenvalue weighted by Crippen LogP contribution is -2.17. The minimum Gasteiger partial charge on any atom is -0.481 e. The highest BCUT2D eigenvalue weighted by Gasteiger charge is 2.30. The van der Waals surface area contributed by atoms with Gasteiger partial charge in [-0.15, -0.1) is 0 Å². The maximum Gasteiger partial charge on any atom is 0.313 e. The number of hydrogen-bond donors (Lipinski definition) is 1. The number of benzene rings is 1. The third-order valence-electron chi connectivity index (χ3n) is 2.10. The van der Waals surface area contributed by atoms with Gasteiger partial charge < -0.3 is 9.84 Å². The van der Waals surface area contributed by atoms with Gasteiger partial charge in [0.2, 0.25) is 5.82 Å². The Bertz CT molecular complexity index is 597. The van der Waals surface area contributed by atoms with Crippen molar-refractivity contribution in [3.8, 4) is 0 Å². The van der Waals surface area contributed by atoms with E-state index in [0.29, 0.717) is 0 Å². The number of carbonyl (C=O) groups excluding carboxylic acids is 2. The summed E-state index contributed by atoms with van der Waals surface area (Å²) in [6, 6.07) is 0. The molecule has 128 valence electrons. The van der Waals surface area contributed by atoms with E-state index in [1.807, 2.05) is 0 Å². The van der Waals surface area contributed by atoms with Crippen LogP contribution in [0.1, 0.15) is 30.6 Å². The molecule has 10 heteroatoms. The second kappa shape index (κ2) is 8.81. The molecule has 0 fully saturated rings. The minimum atomic E-state index is -2.37. The van der Waals surface area contributed by atoms with Gasteiger partial charge in [-0.2, -0.15) is 0 Å². The zero-order chi connectivity index (χ0) is 18.3. The average Bonchev–Trinajstić information content (AvgIpc) is 2.42. The summed E-state index contributed by atoms with van der Waals surface area (Å²) < 4.78 is 69.1. The fourth-order valence-corrected chi connectivity index (χ4v) is 1.28. The predicted octanol–water partition coefficient (Wildman–Crippen LogP) is 2.61. The molecule has 1 N–H and O–H groups in total. The SMILES string of the molecule is CC(=O)O.CCOC(=O)CC(=O)c1c(F)c(F)c(F)c(F)c1F. The zero-order valence-corrected chi connectivity index (χ0v) is 11.9. The van der Waals surface area contributed by atoms with Crippen molar-refractivity contribution >= 4 is 17.7 Å². The monoisotopic (exact) mass is 342 g/mol. The highest BCUT2D eigenvalue weighted by atomic mass is 19.2. The highest BCUT2D eigenvalue weighted by molar-refractivity contribution is 6.06. The number of ketones is 1. The Morgan fingerprint density at radius 2 is 1.26 bits per heavy atom. The van der Waals surface area contributed by atoms with E-state index in [0.717, 1.165) is 6.92 Å². The Kier molecular flexibility index (Phi) is 7.84. The molecule has 0 bridgehead atoms. The second-order valence-corrected chi connectivity index (χ2v) is 3.87. The maximum absolute atomic E-state index is 13.2. The van der Waals surface area contributed by atoms with Crippen molar-refractivity contribution in [1.82, 2.24) is 0 Å². The molecule has 0 saturated carbocycles. The standard InChI is InChI=1S/C11H7F5O3.C2H4O2/c1-2-19-5(18)3-4(17)6-7(12)9(14)11(16)10(15)8(6)13;1-2(3)4/h2-3H2,1H3;1H3,(H,3,4). The fourth-order valence-electron chi connectivity index (χ4n) is 1.28. The molecular formula is C13H11F5O5. The number of aliphatic carboxylic acids is 1. The van der Waals surface area contributed by atoms with Crippen LogP contribution < -0.4 is 0 Å². The molecule has 1 aromatic rings. The van der Waals surface area contributed by atoms with E-state index in [-0.39, 0.29) is 6.61 Å². The molecular weight excluding hydrogens is 331 g/mol. The summed E-state index contributed by atoms with van der Waals surface area (Å²) in [6.45, 7) is 2.41. The number of halogens is 5. The third-order valence-corrected chi connectivity index (χ3v) is 2.10. The van der Waals surface area contributed by atoms with Crippen LogP contribution in [0.25, 0.3) is 0 Å². The van der Waals surface area contributed by atoms with E-state index < -0.39 is 58.8 Å². The quantitative estimate of drug-likeness (QED) is 0.227. The molecule has 0 aliphatic heterocycles. The summed E-state index contributed by atoms with van der Waals surface area (Å²) in [5, 5.41) is 7.42. The van der Waals surface area contributed by atoms with Gasteiger partial charge in [-0.3, -0.25) is 14.4 Å². The first-order valence-corrected chi connectivity index (χ1v) is 5.94. The van der Waals surface area contributed by atoms with Gasteiger partial charge in [-0.1, -0.05) is 0 Å². The van der Waals surface area contributed by atoms with Crippen LogP contribution in [0.5, 0.6) is 0 Å². The molecule has 0 aliphatic rings. The van der Waals surface area contributed by atoms with Gasteiger partial charge in [0, 0.05) is 6.92 Å². The summed E-state index contributed by atoms with van der Waals surface area (Å²) in [6.07, 6.45) is -1.12. The molecule has 0 aliphatic carbocycles. The van der Waals surface area contributed by atoms with Gasteiger partial charge in [0.05, 0.1) is 12.2 Å². The van der Waals surface area contributed by atoms with E-state index in [2.05, 4.69) is 4.74 Å². The average molecular weight is 342 g/mol. The molecule has 0 atom stereocenters. The van der Waals surface area contributed by atoms with Crippen molar-refractivity contribution in [3.05, 3.63) is 34.6 Å². The molecule has 1 rings (SSSR count). The maximum atomic E-state index is 13.2. The Labute approximate surface area is 126 Å². The van der Waals surface area contributed by atoms with Crippen molar-refractivity contribution in [1.29, 1.82) is 0 Å². The topological polar surface area (TPSA) is 80.7 Å². The predicted molar refractivity (Wildman–Crippen MR) is 65.1 cm³/mol. The molecule has 0 saturated heterocycles. The fraction of sp³-hybridized carbons (Fsp3) is 0.308. The van der Waals surface area contributed by atoms with E-state index in [4.69, 9.17) is 9.90 Å². The Balaban J connectivity index is 0.00000108. The van der Waals surface area contributed by atoms with Crippen LogP contribution in [0, 0.1) is 29.1 Å². The summed E-state index contributed by atoms with van der Waals surface area (Å²) in [4.78, 5) is 31.3. The molecule has 0 aromatic heterocycles. The first-order valence-electron chi connectivity index (χ1n) is 5.94. The normalized spacial score (nSPS) is 9.70. The van der Waals surface area contributed by atoms with E-state index in [1.54, 1.807) is 0 Å². The molecule has 0 amide bonds. The first-order chi connectivity index (χ1) is 10.5. The minimum absolute atomic E-state index is 0.0940. The van der Waals surface area contributed by atoms with Gasteiger partial charge in [0.15, 0.2) is 29.1 Å². The van der Waals surface area contributed by atoms with Crippen molar-refractivity contribution in [2.75, 3.05) is 6.61 Å². The summed E-state index contributed by atoms with van der Waals surface area (Å²) in [7, 11) is 0. The van der Waals surface area contributed by atoms with Crippen molar-refractivity contribution in [2.24, 2.45) is 0 Å². The van der Waals surface area contributed by atoms with Crippen LogP contribution in [0.15, 0.2) is 0 Å². The van der Waals surface area contributed by atoms with Gasteiger partial charge >= 0.3 is 5.97 Å². The number of ether oxygens (including phenoxy) is 1. The smallest absolute Gasteiger partial charge is 0.313 e. The largest absolute Gasteiger partial charge is 0.481 e. The molecule has 0 radical (unpaired) electrons. The third kappa shape index (κ3) is 5.64. The number of carboxylic acids is 1. The lowest BCUT2D eigenvalue weighted by Gasteiger charge is -2.07. The highest BCUT2D eigenvalue weighted by Crippen LogP contribution is 2.24. The number of rotatable bonds is 4. The van der Waals surface area contributed by atoms with Gasteiger partial charge in [-0.05, 0) is 6.92 Å². The van der Waals surface area contributed by atoms with Crippen molar-refractivity contribution < 1.29 is 46.2 Å². The van der Waals surface area contributed by atoms with Crippen molar-refractivity contribution in [3.63, 3.8) is 0 Å².